The zero-order valence-electron chi connectivity index (χ0n) is 7.40. The first-order valence-corrected chi connectivity index (χ1v) is 4.08. The summed E-state index contributed by atoms with van der Waals surface area (Å²) in [7, 11) is 0. The van der Waals surface area contributed by atoms with Gasteiger partial charge in [0.1, 0.15) is 0 Å². The van der Waals surface area contributed by atoms with Crippen molar-refractivity contribution in [3.8, 4) is 0 Å². The first-order chi connectivity index (χ1) is 6.22. The quantitative estimate of drug-likeness (QED) is 0.715. The average molecular weight is 177 g/mol. The van der Waals surface area contributed by atoms with Crippen molar-refractivity contribution >= 4 is 12.0 Å². The van der Waals surface area contributed by atoms with Gasteiger partial charge in [-0.05, 0) is 30.2 Å². The molecule has 0 saturated heterocycles. The molecule has 0 aromatic carbocycles. The number of carbonyl (C=O) groups is 1. The van der Waals surface area contributed by atoms with E-state index in [2.05, 4.69) is 4.98 Å². The summed E-state index contributed by atoms with van der Waals surface area (Å²) in [4.78, 5) is 14.2. The zero-order valence-corrected chi connectivity index (χ0v) is 7.40. The summed E-state index contributed by atoms with van der Waals surface area (Å²) in [6.45, 7) is 2.04. The Bertz CT molecular complexity index is 331. The highest BCUT2D eigenvalue weighted by Gasteiger charge is 1.92. The fourth-order valence-electron chi connectivity index (χ4n) is 0.962. The van der Waals surface area contributed by atoms with Crippen molar-refractivity contribution in [3.63, 3.8) is 0 Å². The second-order valence-corrected chi connectivity index (χ2v) is 2.61. The largest absolute Gasteiger partial charge is 0.478 e. The molecule has 1 heterocycles. The molecule has 3 nitrogen and oxygen atoms in total. The van der Waals surface area contributed by atoms with Gasteiger partial charge < -0.3 is 5.11 Å². The molecule has 1 aromatic heterocycles. The number of hydrogen-bond donors (Lipinski definition) is 1. The van der Waals surface area contributed by atoms with Crippen LogP contribution in [0.2, 0.25) is 0 Å². The minimum Gasteiger partial charge on any atom is -0.478 e. The maximum Gasteiger partial charge on any atom is 0.328 e. The second-order valence-electron chi connectivity index (χ2n) is 2.61. The van der Waals surface area contributed by atoms with E-state index in [-0.39, 0.29) is 0 Å². The number of pyridine rings is 1. The molecule has 0 aliphatic heterocycles. The fraction of sp³-hybridized carbons (Fsp3) is 0.200. The first-order valence-electron chi connectivity index (χ1n) is 4.08. The molecule has 0 aliphatic carbocycles. The van der Waals surface area contributed by atoms with Crippen LogP contribution in [0.5, 0.6) is 0 Å². The van der Waals surface area contributed by atoms with Crippen LogP contribution in [-0.4, -0.2) is 16.1 Å². The van der Waals surface area contributed by atoms with Crippen molar-refractivity contribution in [1.29, 1.82) is 0 Å². The van der Waals surface area contributed by atoms with Crippen LogP contribution in [0, 0.1) is 0 Å². The molecule has 0 saturated carbocycles. The highest BCUT2D eigenvalue weighted by molar-refractivity contribution is 5.84. The van der Waals surface area contributed by atoms with E-state index in [0.29, 0.717) is 5.69 Å². The van der Waals surface area contributed by atoms with E-state index >= 15 is 0 Å². The Hall–Kier alpha value is -1.64. The smallest absolute Gasteiger partial charge is 0.328 e. The molecule has 0 amide bonds. The van der Waals surface area contributed by atoms with Crippen LogP contribution in [0.15, 0.2) is 24.4 Å². The van der Waals surface area contributed by atoms with Crippen molar-refractivity contribution in [2.75, 3.05) is 0 Å². The number of nitrogens with zero attached hydrogens (tertiary/aromatic N) is 1. The van der Waals surface area contributed by atoms with Crippen molar-refractivity contribution in [2.24, 2.45) is 0 Å². The first kappa shape index (κ1) is 9.45. The average Bonchev–Trinajstić information content (AvgIpc) is 2.15. The van der Waals surface area contributed by atoms with Gasteiger partial charge in [0.2, 0.25) is 0 Å². The summed E-state index contributed by atoms with van der Waals surface area (Å²) in [5.74, 6) is -0.955. The Balaban J connectivity index is 2.83. The Labute approximate surface area is 76.7 Å². The molecule has 0 bridgehead atoms. The monoisotopic (exact) mass is 177 g/mol. The predicted molar refractivity (Wildman–Crippen MR) is 50.3 cm³/mol. The summed E-state index contributed by atoms with van der Waals surface area (Å²) < 4.78 is 0. The third-order valence-electron chi connectivity index (χ3n) is 1.65. The summed E-state index contributed by atoms with van der Waals surface area (Å²) >= 11 is 0. The van der Waals surface area contributed by atoms with E-state index in [9.17, 15) is 4.79 Å². The standard InChI is InChI=1S/C10H11NO2/c1-2-8-5-6-11-9(7-8)3-4-10(12)13/h3-7H,2H2,1H3,(H,12,13). The van der Waals surface area contributed by atoms with Crippen LogP contribution < -0.4 is 0 Å². The number of carboxylic acids is 1. The van der Waals surface area contributed by atoms with Gasteiger partial charge in [-0.15, -0.1) is 0 Å². The van der Waals surface area contributed by atoms with Gasteiger partial charge in [-0.25, -0.2) is 4.79 Å². The Morgan fingerprint density at radius 3 is 3.08 bits per heavy atom. The molecule has 13 heavy (non-hydrogen) atoms. The van der Waals surface area contributed by atoms with Crippen molar-refractivity contribution in [3.05, 3.63) is 35.7 Å². The maximum absolute atomic E-state index is 10.2. The van der Waals surface area contributed by atoms with E-state index in [4.69, 9.17) is 5.11 Å². The number of aromatic nitrogens is 1. The van der Waals surface area contributed by atoms with Gasteiger partial charge in [0.15, 0.2) is 0 Å². The van der Waals surface area contributed by atoms with E-state index < -0.39 is 5.97 Å². The summed E-state index contributed by atoms with van der Waals surface area (Å²) in [6, 6.07) is 3.79. The lowest BCUT2D eigenvalue weighted by atomic mass is 10.2. The number of aliphatic carboxylic acids is 1. The normalized spacial score (nSPS) is 10.5. The molecular weight excluding hydrogens is 166 g/mol. The Morgan fingerprint density at radius 1 is 1.69 bits per heavy atom. The van der Waals surface area contributed by atoms with Gasteiger partial charge in [-0.1, -0.05) is 6.92 Å². The molecule has 68 valence electrons. The van der Waals surface area contributed by atoms with Crippen LogP contribution in [-0.2, 0) is 11.2 Å². The number of carboxylic acid groups (broad SMARTS) is 1. The van der Waals surface area contributed by atoms with E-state index in [0.717, 1.165) is 18.1 Å². The molecule has 0 aliphatic rings. The molecule has 1 rings (SSSR count). The maximum atomic E-state index is 10.2. The number of rotatable bonds is 3. The van der Waals surface area contributed by atoms with Gasteiger partial charge in [0.25, 0.3) is 0 Å². The third-order valence-corrected chi connectivity index (χ3v) is 1.65. The van der Waals surface area contributed by atoms with Gasteiger partial charge in [-0.2, -0.15) is 0 Å². The molecule has 1 aromatic rings. The summed E-state index contributed by atoms with van der Waals surface area (Å²) in [5, 5.41) is 8.39. The third kappa shape index (κ3) is 3.07. The van der Waals surface area contributed by atoms with Crippen molar-refractivity contribution in [2.45, 2.75) is 13.3 Å². The zero-order chi connectivity index (χ0) is 9.68. The minimum atomic E-state index is -0.955. The molecule has 3 heteroatoms. The predicted octanol–water partition coefficient (Wildman–Crippen LogP) is 1.74. The van der Waals surface area contributed by atoms with E-state index in [1.54, 1.807) is 6.20 Å². The highest BCUT2D eigenvalue weighted by Crippen LogP contribution is 2.03. The Morgan fingerprint density at radius 2 is 2.46 bits per heavy atom. The van der Waals surface area contributed by atoms with Crippen LogP contribution in [0.4, 0.5) is 0 Å². The van der Waals surface area contributed by atoms with Gasteiger partial charge in [-0.3, -0.25) is 4.98 Å². The molecule has 0 fully saturated rings. The van der Waals surface area contributed by atoms with Gasteiger partial charge in [0.05, 0.1) is 5.69 Å². The summed E-state index contributed by atoms with van der Waals surface area (Å²) in [6.07, 6.45) is 5.18. The fourth-order valence-corrected chi connectivity index (χ4v) is 0.962. The lowest BCUT2D eigenvalue weighted by Crippen LogP contribution is -1.88. The molecule has 0 radical (unpaired) electrons. The second kappa shape index (κ2) is 4.40. The number of hydrogen-bond acceptors (Lipinski definition) is 2. The molecule has 0 spiro atoms. The topological polar surface area (TPSA) is 50.2 Å². The van der Waals surface area contributed by atoms with Crippen LogP contribution in [0.3, 0.4) is 0 Å². The minimum absolute atomic E-state index is 0.682. The lowest BCUT2D eigenvalue weighted by Gasteiger charge is -1.96. The molecule has 0 atom stereocenters. The van der Waals surface area contributed by atoms with Crippen LogP contribution in [0.25, 0.3) is 6.08 Å². The van der Waals surface area contributed by atoms with Crippen molar-refractivity contribution < 1.29 is 9.90 Å². The summed E-state index contributed by atoms with van der Waals surface area (Å²) in [5.41, 5.74) is 1.83. The highest BCUT2D eigenvalue weighted by atomic mass is 16.4. The molecular formula is C10H11NO2. The van der Waals surface area contributed by atoms with E-state index in [1.165, 1.54) is 6.08 Å². The van der Waals surface area contributed by atoms with Crippen molar-refractivity contribution in [1.82, 2.24) is 4.98 Å². The molecule has 1 N–H and O–H groups in total. The SMILES string of the molecule is CCc1ccnc(C=CC(=O)O)c1. The Kier molecular flexibility index (Phi) is 3.20. The van der Waals surface area contributed by atoms with Crippen LogP contribution in [0.1, 0.15) is 18.2 Å². The number of aryl methyl sites for hydroxylation is 1. The van der Waals surface area contributed by atoms with Crippen LogP contribution >= 0.6 is 0 Å². The molecule has 0 unspecified atom stereocenters. The lowest BCUT2D eigenvalue weighted by molar-refractivity contribution is -0.131. The van der Waals surface area contributed by atoms with E-state index in [1.807, 2.05) is 19.1 Å². The van der Waals surface area contributed by atoms with Gasteiger partial charge >= 0.3 is 5.97 Å². The van der Waals surface area contributed by atoms with Gasteiger partial charge in [0, 0.05) is 12.3 Å².